The summed E-state index contributed by atoms with van der Waals surface area (Å²) in [4.78, 5) is 16.4. The molecular formula is C15H19N3O2. The lowest BCUT2D eigenvalue weighted by molar-refractivity contribution is -0.145. The van der Waals surface area contributed by atoms with E-state index in [1.807, 2.05) is 37.3 Å². The Kier molecular flexibility index (Phi) is 4.87. The fraction of sp³-hybridized carbons (Fsp3) is 0.400. The van der Waals surface area contributed by atoms with Crippen molar-refractivity contribution in [2.45, 2.75) is 32.6 Å². The molecule has 1 heterocycles. The molecule has 0 fully saturated rings. The average molecular weight is 273 g/mol. The summed E-state index contributed by atoms with van der Waals surface area (Å²) in [5.41, 5.74) is 0.925. The summed E-state index contributed by atoms with van der Waals surface area (Å²) >= 11 is 0. The summed E-state index contributed by atoms with van der Waals surface area (Å²) in [6.45, 7) is 4.20. The lowest BCUT2D eigenvalue weighted by atomic mass is 10.0. The molecule has 0 amide bonds. The van der Waals surface area contributed by atoms with Gasteiger partial charge in [0.15, 0.2) is 5.82 Å². The number of carbonyl (C=O) groups is 1. The Bertz CT molecular complexity index is 551. The second-order valence-electron chi connectivity index (χ2n) is 4.50. The molecule has 0 saturated carbocycles. The van der Waals surface area contributed by atoms with Gasteiger partial charge in [0.25, 0.3) is 0 Å². The number of aromatic nitrogens is 3. The standard InChI is InChI=1S/C15H19N3O2/c1-3-8-12(15(19)20-4-2)14-16-13(17-18-14)11-9-6-5-7-10-11/h5-7,9-10,12H,3-4,8H2,1-2H3,(H,16,17,18). The van der Waals surface area contributed by atoms with Crippen molar-refractivity contribution in [1.82, 2.24) is 15.2 Å². The first-order valence-electron chi connectivity index (χ1n) is 6.90. The number of rotatable bonds is 6. The number of benzene rings is 1. The molecule has 0 saturated heterocycles. The highest BCUT2D eigenvalue weighted by atomic mass is 16.5. The quantitative estimate of drug-likeness (QED) is 0.822. The van der Waals surface area contributed by atoms with Gasteiger partial charge in [-0.3, -0.25) is 9.89 Å². The van der Waals surface area contributed by atoms with Crippen LogP contribution in [-0.2, 0) is 9.53 Å². The molecule has 2 aromatic rings. The topological polar surface area (TPSA) is 67.9 Å². The third-order valence-electron chi connectivity index (χ3n) is 3.01. The van der Waals surface area contributed by atoms with E-state index in [9.17, 15) is 4.79 Å². The third kappa shape index (κ3) is 3.23. The van der Waals surface area contributed by atoms with E-state index in [0.29, 0.717) is 24.7 Å². The first kappa shape index (κ1) is 14.2. The number of H-pyrrole nitrogens is 1. The molecule has 0 aliphatic carbocycles. The monoisotopic (exact) mass is 273 g/mol. The minimum atomic E-state index is -0.370. The summed E-state index contributed by atoms with van der Waals surface area (Å²) in [5, 5.41) is 7.05. The highest BCUT2D eigenvalue weighted by molar-refractivity contribution is 5.77. The van der Waals surface area contributed by atoms with E-state index in [0.717, 1.165) is 12.0 Å². The van der Waals surface area contributed by atoms with Gasteiger partial charge in [0.05, 0.1) is 6.61 Å². The number of nitrogens with one attached hydrogen (secondary N) is 1. The Morgan fingerprint density at radius 2 is 2.05 bits per heavy atom. The van der Waals surface area contributed by atoms with Crippen molar-refractivity contribution in [2.75, 3.05) is 6.61 Å². The Labute approximate surface area is 118 Å². The third-order valence-corrected chi connectivity index (χ3v) is 3.01. The Morgan fingerprint density at radius 3 is 2.70 bits per heavy atom. The molecule has 5 nitrogen and oxygen atoms in total. The maximum atomic E-state index is 12.0. The van der Waals surface area contributed by atoms with E-state index in [-0.39, 0.29) is 11.9 Å². The average Bonchev–Trinajstić information content (AvgIpc) is 2.95. The van der Waals surface area contributed by atoms with Crippen LogP contribution in [0, 0.1) is 0 Å². The molecular weight excluding hydrogens is 254 g/mol. The van der Waals surface area contributed by atoms with Crippen molar-refractivity contribution in [3.8, 4) is 11.4 Å². The molecule has 1 aromatic carbocycles. The van der Waals surface area contributed by atoms with E-state index in [4.69, 9.17) is 4.74 Å². The van der Waals surface area contributed by atoms with Gasteiger partial charge in [-0.1, -0.05) is 43.7 Å². The smallest absolute Gasteiger partial charge is 0.316 e. The van der Waals surface area contributed by atoms with Crippen molar-refractivity contribution < 1.29 is 9.53 Å². The normalized spacial score (nSPS) is 12.1. The van der Waals surface area contributed by atoms with Crippen LogP contribution in [0.2, 0.25) is 0 Å². The maximum Gasteiger partial charge on any atom is 0.316 e. The fourth-order valence-electron chi connectivity index (χ4n) is 2.04. The molecule has 5 heteroatoms. The molecule has 0 radical (unpaired) electrons. The molecule has 20 heavy (non-hydrogen) atoms. The zero-order chi connectivity index (χ0) is 14.4. The van der Waals surface area contributed by atoms with Crippen LogP contribution in [0.5, 0.6) is 0 Å². The van der Waals surface area contributed by atoms with Gasteiger partial charge in [0.2, 0.25) is 0 Å². The van der Waals surface area contributed by atoms with Gasteiger partial charge in [-0.2, -0.15) is 5.10 Å². The molecule has 0 bridgehead atoms. The molecule has 1 aromatic heterocycles. The molecule has 2 rings (SSSR count). The second kappa shape index (κ2) is 6.84. The van der Waals surface area contributed by atoms with Crippen molar-refractivity contribution in [2.24, 2.45) is 0 Å². The number of ether oxygens (including phenoxy) is 1. The van der Waals surface area contributed by atoms with E-state index in [2.05, 4.69) is 15.2 Å². The Hall–Kier alpha value is -2.17. The summed E-state index contributed by atoms with van der Waals surface area (Å²) in [7, 11) is 0. The van der Waals surface area contributed by atoms with Crippen LogP contribution < -0.4 is 0 Å². The zero-order valence-corrected chi connectivity index (χ0v) is 11.8. The first-order valence-corrected chi connectivity index (χ1v) is 6.90. The zero-order valence-electron chi connectivity index (χ0n) is 11.8. The minimum Gasteiger partial charge on any atom is -0.465 e. The number of carbonyl (C=O) groups excluding carboxylic acids is 1. The van der Waals surface area contributed by atoms with Gasteiger partial charge in [0, 0.05) is 5.56 Å². The summed E-state index contributed by atoms with van der Waals surface area (Å²) in [5.74, 6) is 0.560. The predicted molar refractivity (Wildman–Crippen MR) is 76.1 cm³/mol. The molecule has 1 N–H and O–H groups in total. The van der Waals surface area contributed by atoms with Crippen LogP contribution >= 0.6 is 0 Å². The van der Waals surface area contributed by atoms with Crippen LogP contribution in [0.3, 0.4) is 0 Å². The maximum absolute atomic E-state index is 12.0. The van der Waals surface area contributed by atoms with E-state index in [1.54, 1.807) is 6.92 Å². The first-order chi connectivity index (χ1) is 9.76. The summed E-state index contributed by atoms with van der Waals surface area (Å²) in [6, 6.07) is 9.67. The molecule has 0 aliphatic rings. The fourth-order valence-corrected chi connectivity index (χ4v) is 2.04. The highest BCUT2D eigenvalue weighted by Gasteiger charge is 2.24. The molecule has 0 aliphatic heterocycles. The minimum absolute atomic E-state index is 0.245. The number of nitrogens with zero attached hydrogens (tertiary/aromatic N) is 2. The Morgan fingerprint density at radius 1 is 1.30 bits per heavy atom. The molecule has 1 atom stereocenters. The lowest BCUT2D eigenvalue weighted by Crippen LogP contribution is -2.17. The number of hydrogen-bond acceptors (Lipinski definition) is 4. The van der Waals surface area contributed by atoms with Gasteiger partial charge < -0.3 is 4.74 Å². The van der Waals surface area contributed by atoms with Crippen molar-refractivity contribution >= 4 is 5.97 Å². The predicted octanol–water partition coefficient (Wildman–Crippen LogP) is 2.92. The van der Waals surface area contributed by atoms with Gasteiger partial charge in [-0.25, -0.2) is 4.98 Å². The van der Waals surface area contributed by atoms with Crippen LogP contribution in [-0.4, -0.2) is 27.8 Å². The molecule has 1 unspecified atom stereocenters. The molecule has 106 valence electrons. The van der Waals surface area contributed by atoms with Crippen molar-refractivity contribution in [3.05, 3.63) is 36.2 Å². The SMILES string of the molecule is CCCC(C(=O)OCC)c1nc(-c2ccccc2)n[nH]1. The van der Waals surface area contributed by atoms with Gasteiger partial charge in [-0.05, 0) is 13.3 Å². The van der Waals surface area contributed by atoms with Crippen LogP contribution in [0.1, 0.15) is 38.4 Å². The van der Waals surface area contributed by atoms with Gasteiger partial charge in [0.1, 0.15) is 11.7 Å². The largest absolute Gasteiger partial charge is 0.465 e. The van der Waals surface area contributed by atoms with Crippen molar-refractivity contribution in [3.63, 3.8) is 0 Å². The van der Waals surface area contributed by atoms with E-state index in [1.165, 1.54) is 0 Å². The summed E-state index contributed by atoms with van der Waals surface area (Å²) < 4.78 is 5.10. The van der Waals surface area contributed by atoms with Crippen LogP contribution in [0.4, 0.5) is 0 Å². The van der Waals surface area contributed by atoms with E-state index >= 15 is 0 Å². The van der Waals surface area contributed by atoms with Gasteiger partial charge >= 0.3 is 5.97 Å². The Balaban J connectivity index is 2.23. The number of esters is 1. The lowest BCUT2D eigenvalue weighted by Gasteiger charge is -2.11. The van der Waals surface area contributed by atoms with Crippen LogP contribution in [0.15, 0.2) is 30.3 Å². The van der Waals surface area contributed by atoms with E-state index < -0.39 is 0 Å². The van der Waals surface area contributed by atoms with Crippen LogP contribution in [0.25, 0.3) is 11.4 Å². The van der Waals surface area contributed by atoms with Gasteiger partial charge in [-0.15, -0.1) is 0 Å². The molecule has 0 spiro atoms. The number of aromatic amines is 1. The second-order valence-corrected chi connectivity index (χ2v) is 4.50. The summed E-state index contributed by atoms with van der Waals surface area (Å²) in [6.07, 6.45) is 1.58. The van der Waals surface area contributed by atoms with Crippen molar-refractivity contribution in [1.29, 1.82) is 0 Å². The highest BCUT2D eigenvalue weighted by Crippen LogP contribution is 2.22. The number of hydrogen-bond donors (Lipinski definition) is 1.